The molecule has 0 aliphatic rings. The zero-order valence-electron chi connectivity index (χ0n) is 17.2. The first-order valence-corrected chi connectivity index (χ1v) is 9.76. The Kier molecular flexibility index (Phi) is 5.17. The summed E-state index contributed by atoms with van der Waals surface area (Å²) in [4.78, 5) is 4.97. The molecule has 0 aliphatic heterocycles. The number of rotatable bonds is 6. The predicted octanol–water partition coefficient (Wildman–Crippen LogP) is 5.05. The third-order valence-corrected chi connectivity index (χ3v) is 5.37. The van der Waals surface area contributed by atoms with Crippen LogP contribution in [-0.4, -0.2) is 24.4 Å². The lowest BCUT2D eigenvalue weighted by molar-refractivity contribution is 0.559. The Bertz CT molecular complexity index is 926. The molecule has 5 nitrogen and oxygen atoms in total. The van der Waals surface area contributed by atoms with Crippen LogP contribution in [0.15, 0.2) is 6.07 Å². The van der Waals surface area contributed by atoms with Gasteiger partial charge in [0.25, 0.3) is 0 Å². The zero-order valence-corrected chi connectivity index (χ0v) is 17.2. The van der Waals surface area contributed by atoms with Gasteiger partial charge in [-0.15, -0.1) is 0 Å². The summed E-state index contributed by atoms with van der Waals surface area (Å²) in [5, 5.41) is 9.45. The summed E-state index contributed by atoms with van der Waals surface area (Å²) in [6.45, 7) is 12.9. The molecule has 0 amide bonds. The molecule has 0 saturated carbocycles. The van der Waals surface area contributed by atoms with Crippen molar-refractivity contribution in [1.82, 2.24) is 24.4 Å². The second-order valence-electron chi connectivity index (χ2n) is 7.47. The summed E-state index contributed by atoms with van der Waals surface area (Å²) in [5.74, 6) is 0.542. The lowest BCUT2D eigenvalue weighted by atomic mass is 9.91. The number of hydrogen-bond donors (Lipinski definition) is 0. The molecule has 0 fully saturated rings. The van der Waals surface area contributed by atoms with Crippen LogP contribution < -0.4 is 0 Å². The van der Waals surface area contributed by atoms with Crippen molar-refractivity contribution in [2.24, 2.45) is 7.05 Å². The molecule has 0 aliphatic carbocycles. The van der Waals surface area contributed by atoms with Gasteiger partial charge in [-0.3, -0.25) is 4.68 Å². The molecule has 3 aromatic rings. The van der Waals surface area contributed by atoms with E-state index in [1.165, 1.54) is 31.2 Å². The van der Waals surface area contributed by atoms with Crippen LogP contribution in [0, 0.1) is 27.7 Å². The maximum atomic E-state index is 4.97. The summed E-state index contributed by atoms with van der Waals surface area (Å²) in [7, 11) is 1.99. The van der Waals surface area contributed by atoms with Crippen molar-refractivity contribution in [2.45, 2.75) is 73.1 Å². The van der Waals surface area contributed by atoms with Gasteiger partial charge in [0.05, 0.1) is 22.8 Å². The first-order chi connectivity index (χ1) is 12.4. The molecule has 26 heavy (non-hydrogen) atoms. The fraction of sp³-hybridized carbons (Fsp3) is 0.571. The maximum absolute atomic E-state index is 4.97. The second-order valence-corrected chi connectivity index (χ2v) is 7.47. The second kappa shape index (κ2) is 7.22. The Morgan fingerprint density at radius 3 is 2.15 bits per heavy atom. The minimum atomic E-state index is 0.542. The first-order valence-electron chi connectivity index (χ1n) is 9.76. The van der Waals surface area contributed by atoms with Gasteiger partial charge in [0.2, 0.25) is 0 Å². The molecule has 0 radical (unpaired) electrons. The van der Waals surface area contributed by atoms with Crippen LogP contribution in [0.5, 0.6) is 0 Å². The highest BCUT2D eigenvalue weighted by Gasteiger charge is 2.23. The quantitative estimate of drug-likeness (QED) is 0.623. The number of imidazole rings is 1. The number of nitrogens with zero attached hydrogens (tertiary/aromatic N) is 5. The number of fused-ring (bicyclic) bond motifs is 1. The van der Waals surface area contributed by atoms with Gasteiger partial charge >= 0.3 is 0 Å². The lowest BCUT2D eigenvalue weighted by Crippen LogP contribution is -2.06. The van der Waals surface area contributed by atoms with Crippen molar-refractivity contribution in [2.75, 3.05) is 0 Å². The normalized spacial score (nSPS) is 11.8. The number of aromatic nitrogens is 5. The average molecular weight is 354 g/mol. The average Bonchev–Trinajstić information content (AvgIpc) is 3.02. The van der Waals surface area contributed by atoms with Crippen molar-refractivity contribution in [3.8, 4) is 11.3 Å². The summed E-state index contributed by atoms with van der Waals surface area (Å²) in [5.41, 5.74) is 8.84. The highest BCUT2D eigenvalue weighted by Crippen LogP contribution is 2.34. The van der Waals surface area contributed by atoms with Crippen LogP contribution in [0.25, 0.3) is 16.9 Å². The van der Waals surface area contributed by atoms with E-state index in [1.807, 2.05) is 11.7 Å². The van der Waals surface area contributed by atoms with E-state index in [-0.39, 0.29) is 0 Å². The van der Waals surface area contributed by atoms with E-state index in [0.717, 1.165) is 39.7 Å². The van der Waals surface area contributed by atoms with Crippen LogP contribution in [0.3, 0.4) is 0 Å². The van der Waals surface area contributed by atoms with E-state index in [2.05, 4.69) is 57.2 Å². The van der Waals surface area contributed by atoms with Gasteiger partial charge in [0.15, 0.2) is 5.65 Å². The van der Waals surface area contributed by atoms with Gasteiger partial charge < -0.3 is 0 Å². The molecule has 3 aromatic heterocycles. The fourth-order valence-corrected chi connectivity index (χ4v) is 4.13. The van der Waals surface area contributed by atoms with Crippen molar-refractivity contribution < 1.29 is 0 Å². The van der Waals surface area contributed by atoms with Crippen molar-refractivity contribution >= 4 is 5.65 Å². The molecule has 0 spiro atoms. The highest BCUT2D eigenvalue weighted by molar-refractivity contribution is 5.72. The van der Waals surface area contributed by atoms with Crippen molar-refractivity contribution in [3.63, 3.8) is 0 Å². The molecular weight excluding hydrogens is 322 g/mol. The summed E-state index contributed by atoms with van der Waals surface area (Å²) >= 11 is 0. The third kappa shape index (κ3) is 3.04. The number of aryl methyl sites for hydroxylation is 4. The predicted molar refractivity (Wildman–Crippen MR) is 107 cm³/mol. The van der Waals surface area contributed by atoms with Crippen LogP contribution in [0.2, 0.25) is 0 Å². The Labute approximate surface area is 156 Å². The number of hydrogen-bond acceptors (Lipinski definition) is 3. The molecule has 0 atom stereocenters. The SMILES string of the molecule is CCCC(CCC)c1cc(C)nn2c(-c3c(C)nn(C)c3C)c(C)nc12. The molecule has 0 saturated heterocycles. The van der Waals surface area contributed by atoms with Crippen LogP contribution in [-0.2, 0) is 7.05 Å². The van der Waals surface area contributed by atoms with E-state index in [9.17, 15) is 0 Å². The monoisotopic (exact) mass is 353 g/mol. The van der Waals surface area contributed by atoms with Gasteiger partial charge in [-0.25, -0.2) is 9.50 Å². The van der Waals surface area contributed by atoms with E-state index < -0.39 is 0 Å². The van der Waals surface area contributed by atoms with Gasteiger partial charge in [0.1, 0.15) is 0 Å². The van der Waals surface area contributed by atoms with E-state index in [4.69, 9.17) is 10.1 Å². The fourth-order valence-electron chi connectivity index (χ4n) is 4.13. The van der Waals surface area contributed by atoms with E-state index >= 15 is 0 Å². The zero-order chi connectivity index (χ0) is 19.0. The first kappa shape index (κ1) is 18.6. The third-order valence-electron chi connectivity index (χ3n) is 5.37. The Morgan fingerprint density at radius 2 is 1.62 bits per heavy atom. The van der Waals surface area contributed by atoms with Crippen LogP contribution in [0.4, 0.5) is 0 Å². The molecular formula is C21H31N5. The Hall–Kier alpha value is -2.17. The highest BCUT2D eigenvalue weighted by atomic mass is 15.3. The van der Waals surface area contributed by atoms with Crippen LogP contribution in [0.1, 0.15) is 73.8 Å². The topological polar surface area (TPSA) is 48.0 Å². The van der Waals surface area contributed by atoms with E-state index in [0.29, 0.717) is 5.92 Å². The van der Waals surface area contributed by atoms with Gasteiger partial charge in [-0.1, -0.05) is 26.7 Å². The van der Waals surface area contributed by atoms with Gasteiger partial charge in [0, 0.05) is 23.9 Å². The maximum Gasteiger partial charge on any atom is 0.157 e. The van der Waals surface area contributed by atoms with Crippen LogP contribution >= 0.6 is 0 Å². The lowest BCUT2D eigenvalue weighted by Gasteiger charge is -2.17. The molecule has 0 unspecified atom stereocenters. The molecule has 0 bridgehead atoms. The smallest absolute Gasteiger partial charge is 0.157 e. The molecule has 0 N–H and O–H groups in total. The van der Waals surface area contributed by atoms with Crippen molar-refractivity contribution in [3.05, 3.63) is 34.4 Å². The van der Waals surface area contributed by atoms with E-state index in [1.54, 1.807) is 0 Å². The molecule has 3 heterocycles. The summed E-state index contributed by atoms with van der Waals surface area (Å²) in [6, 6.07) is 2.24. The molecule has 0 aromatic carbocycles. The summed E-state index contributed by atoms with van der Waals surface area (Å²) in [6.07, 6.45) is 4.76. The minimum Gasteiger partial charge on any atom is -0.272 e. The minimum absolute atomic E-state index is 0.542. The van der Waals surface area contributed by atoms with Crippen molar-refractivity contribution in [1.29, 1.82) is 0 Å². The standard InChI is InChI=1S/C21H31N5/c1-8-10-17(11-9-2)18-12-13(3)23-26-20(15(5)22-21(18)26)19-14(4)24-25(7)16(19)6/h12,17H,8-11H2,1-7H3. The largest absolute Gasteiger partial charge is 0.272 e. The Balaban J connectivity index is 2.30. The van der Waals surface area contributed by atoms with Gasteiger partial charge in [-0.2, -0.15) is 10.2 Å². The Morgan fingerprint density at radius 1 is 0.962 bits per heavy atom. The van der Waals surface area contributed by atoms with Gasteiger partial charge in [-0.05, 0) is 52.5 Å². The molecule has 5 heteroatoms. The molecule has 3 rings (SSSR count). The summed E-state index contributed by atoms with van der Waals surface area (Å²) < 4.78 is 4.01. The molecule has 140 valence electrons.